The molecule has 0 atom stereocenters. The van der Waals surface area contributed by atoms with Crippen LogP contribution in [0.1, 0.15) is 27.9 Å². The first-order chi connectivity index (χ1) is 15.4. The van der Waals surface area contributed by atoms with Crippen LogP contribution >= 0.6 is 11.6 Å². The molecule has 1 aromatic carbocycles. The average molecular weight is 466 g/mol. The lowest BCUT2D eigenvalue weighted by atomic mass is 9.95. The topological polar surface area (TPSA) is 79.8 Å². The van der Waals surface area contributed by atoms with Crippen LogP contribution in [0, 0.1) is 0 Å². The number of anilines is 1. The molecule has 2 aromatic rings. The molecule has 1 fully saturated rings. The van der Waals surface area contributed by atoms with Crippen LogP contribution in [0.5, 0.6) is 0 Å². The fourth-order valence-electron chi connectivity index (χ4n) is 4.31. The van der Waals surface area contributed by atoms with Crippen molar-refractivity contribution in [3.8, 4) is 0 Å². The number of carbonyl (C=O) groups excluding carboxylic acids is 1. The lowest BCUT2D eigenvalue weighted by Gasteiger charge is -2.30. The van der Waals surface area contributed by atoms with E-state index in [-0.39, 0.29) is 30.0 Å². The number of rotatable bonds is 3. The largest absolute Gasteiger partial charge is 0.378 e. The van der Waals surface area contributed by atoms with Gasteiger partial charge in [-0.2, -0.15) is 8.78 Å². The maximum absolute atomic E-state index is 14.2. The predicted octanol–water partition coefficient (Wildman–Crippen LogP) is 3.13. The Labute approximate surface area is 188 Å². The second kappa shape index (κ2) is 8.42. The maximum atomic E-state index is 14.2. The number of urea groups is 1. The number of hydrogen-bond acceptors (Lipinski definition) is 6. The van der Waals surface area contributed by atoms with E-state index >= 15 is 0 Å². The quantitative estimate of drug-likeness (QED) is 0.702. The number of alkyl halides is 2. The first-order valence-electron chi connectivity index (χ1n) is 10.4. The van der Waals surface area contributed by atoms with Crippen molar-refractivity contribution in [1.29, 1.82) is 0 Å². The second-order valence-corrected chi connectivity index (χ2v) is 8.34. The lowest BCUT2D eigenvalue weighted by molar-refractivity contribution is -0.103. The third-order valence-corrected chi connectivity index (χ3v) is 6.12. The number of ether oxygens (including phenoxy) is 2. The molecule has 1 N–H and O–H groups in total. The fourth-order valence-corrected chi connectivity index (χ4v) is 4.50. The number of benzene rings is 1. The van der Waals surface area contributed by atoms with Gasteiger partial charge in [-0.05, 0) is 22.7 Å². The van der Waals surface area contributed by atoms with Crippen molar-refractivity contribution in [3.05, 3.63) is 51.4 Å². The second-order valence-electron chi connectivity index (χ2n) is 8.00. The number of aromatic nitrogens is 2. The Kier molecular flexibility index (Phi) is 5.60. The van der Waals surface area contributed by atoms with E-state index in [0.717, 1.165) is 5.56 Å². The zero-order valence-electron chi connectivity index (χ0n) is 17.2. The maximum Gasteiger partial charge on any atom is 0.320 e. The molecule has 11 heteroatoms. The molecule has 4 heterocycles. The van der Waals surface area contributed by atoms with Crippen molar-refractivity contribution >= 4 is 23.4 Å². The Balaban J connectivity index is 1.35. The number of fused-ring (bicyclic) bond motifs is 2. The number of carbonyl (C=O) groups is 1. The van der Waals surface area contributed by atoms with E-state index in [2.05, 4.69) is 15.3 Å². The summed E-state index contributed by atoms with van der Waals surface area (Å²) in [6.07, 6.45) is 0. The molecule has 0 bridgehead atoms. The van der Waals surface area contributed by atoms with Gasteiger partial charge in [-0.1, -0.05) is 18.2 Å². The van der Waals surface area contributed by atoms with Gasteiger partial charge in [0.2, 0.25) is 5.28 Å². The smallest absolute Gasteiger partial charge is 0.320 e. The van der Waals surface area contributed by atoms with Crippen LogP contribution in [-0.4, -0.2) is 58.7 Å². The minimum Gasteiger partial charge on any atom is -0.378 e. The Morgan fingerprint density at radius 2 is 1.94 bits per heavy atom. The molecule has 2 amide bonds. The van der Waals surface area contributed by atoms with Crippen LogP contribution < -0.4 is 5.32 Å². The zero-order chi connectivity index (χ0) is 22.3. The van der Waals surface area contributed by atoms with Crippen molar-refractivity contribution in [2.24, 2.45) is 0 Å². The van der Waals surface area contributed by atoms with Crippen molar-refractivity contribution in [1.82, 2.24) is 19.8 Å². The van der Waals surface area contributed by atoms with Gasteiger partial charge < -0.3 is 24.6 Å². The predicted molar refractivity (Wildman–Crippen MR) is 111 cm³/mol. The minimum atomic E-state index is -3.01. The van der Waals surface area contributed by atoms with Gasteiger partial charge in [0.05, 0.1) is 38.6 Å². The summed E-state index contributed by atoms with van der Waals surface area (Å²) in [5.74, 6) is -2.51. The highest BCUT2D eigenvalue weighted by molar-refractivity contribution is 6.28. The van der Waals surface area contributed by atoms with E-state index in [1.54, 1.807) is 21.9 Å². The van der Waals surface area contributed by atoms with E-state index in [1.165, 1.54) is 6.07 Å². The molecule has 32 heavy (non-hydrogen) atoms. The summed E-state index contributed by atoms with van der Waals surface area (Å²) in [6.45, 7) is 2.61. The average Bonchev–Trinajstić information content (AvgIpc) is 3.21. The van der Waals surface area contributed by atoms with Crippen LogP contribution in [0.2, 0.25) is 5.28 Å². The van der Waals surface area contributed by atoms with E-state index < -0.39 is 12.5 Å². The normalized spacial score (nSPS) is 19.5. The van der Waals surface area contributed by atoms with E-state index in [9.17, 15) is 13.6 Å². The SMILES string of the molecule is O=C(N1CCOCC1)N1Cc2nc(Cl)nc(NCc3cccc4c3COCC4(F)F)c2C1. The van der Waals surface area contributed by atoms with E-state index in [4.69, 9.17) is 21.1 Å². The van der Waals surface area contributed by atoms with Crippen molar-refractivity contribution < 1.29 is 23.0 Å². The highest BCUT2D eigenvalue weighted by Gasteiger charge is 2.38. The third kappa shape index (κ3) is 3.98. The molecule has 1 saturated heterocycles. The Bertz CT molecular complexity index is 1050. The molecular weight excluding hydrogens is 444 g/mol. The molecule has 1 aromatic heterocycles. The highest BCUT2D eigenvalue weighted by atomic mass is 35.5. The molecule has 0 unspecified atom stereocenters. The van der Waals surface area contributed by atoms with E-state index in [0.29, 0.717) is 62.0 Å². The summed E-state index contributed by atoms with van der Waals surface area (Å²) in [4.78, 5) is 24.9. The third-order valence-electron chi connectivity index (χ3n) is 5.95. The van der Waals surface area contributed by atoms with Crippen LogP contribution in [0.15, 0.2) is 18.2 Å². The number of halogens is 3. The Morgan fingerprint density at radius 3 is 2.75 bits per heavy atom. The van der Waals surface area contributed by atoms with Crippen LogP contribution in [0.3, 0.4) is 0 Å². The number of morpholine rings is 1. The van der Waals surface area contributed by atoms with Gasteiger partial charge in [-0.3, -0.25) is 0 Å². The molecule has 170 valence electrons. The molecule has 0 radical (unpaired) electrons. The number of nitrogens with one attached hydrogen (secondary N) is 1. The van der Waals surface area contributed by atoms with Gasteiger partial charge in [0.1, 0.15) is 12.4 Å². The number of amides is 2. The van der Waals surface area contributed by atoms with Gasteiger partial charge in [0.25, 0.3) is 5.92 Å². The summed E-state index contributed by atoms with van der Waals surface area (Å²) >= 11 is 6.13. The summed E-state index contributed by atoms with van der Waals surface area (Å²) in [7, 11) is 0. The first-order valence-corrected chi connectivity index (χ1v) is 10.8. The first kappa shape index (κ1) is 21.3. The van der Waals surface area contributed by atoms with Crippen molar-refractivity contribution in [3.63, 3.8) is 0 Å². The minimum absolute atomic E-state index is 0.00344. The van der Waals surface area contributed by atoms with Crippen LogP contribution in [0.25, 0.3) is 0 Å². The molecule has 3 aliphatic rings. The molecule has 0 spiro atoms. The summed E-state index contributed by atoms with van der Waals surface area (Å²) in [6, 6.07) is 4.77. The van der Waals surface area contributed by atoms with Crippen LogP contribution in [0.4, 0.5) is 19.4 Å². The van der Waals surface area contributed by atoms with Crippen molar-refractivity contribution in [2.45, 2.75) is 32.2 Å². The molecule has 5 rings (SSSR count). The standard InChI is InChI=1S/C21H22ClF2N5O3/c22-19-26-17-10-29(20(30)28-4-6-31-7-5-28)9-14(17)18(27-19)25-8-13-2-1-3-16-15(13)11-32-12-21(16,23)24/h1-3H,4-12H2,(H,25,26,27). The fraction of sp³-hybridized carbons (Fsp3) is 0.476. The van der Waals surface area contributed by atoms with Gasteiger partial charge in [-0.15, -0.1) is 0 Å². The summed E-state index contributed by atoms with van der Waals surface area (Å²) in [5, 5.41) is 3.28. The molecular formula is C21H22ClF2N5O3. The Hall–Kier alpha value is -2.56. The van der Waals surface area contributed by atoms with Crippen molar-refractivity contribution in [2.75, 3.05) is 38.2 Å². The van der Waals surface area contributed by atoms with Gasteiger partial charge in [0.15, 0.2) is 0 Å². The monoisotopic (exact) mass is 465 g/mol. The molecule has 0 aliphatic carbocycles. The molecule has 3 aliphatic heterocycles. The molecule has 8 nitrogen and oxygen atoms in total. The number of hydrogen-bond donors (Lipinski definition) is 1. The van der Waals surface area contributed by atoms with Gasteiger partial charge in [-0.25, -0.2) is 14.8 Å². The highest BCUT2D eigenvalue weighted by Crippen LogP contribution is 2.37. The van der Waals surface area contributed by atoms with Gasteiger partial charge >= 0.3 is 6.03 Å². The van der Waals surface area contributed by atoms with Gasteiger partial charge in [0, 0.05) is 30.8 Å². The summed E-state index contributed by atoms with van der Waals surface area (Å²) in [5.41, 5.74) is 2.64. The van der Waals surface area contributed by atoms with E-state index in [1.807, 2.05) is 0 Å². The zero-order valence-corrected chi connectivity index (χ0v) is 18.0. The number of nitrogens with zero attached hydrogens (tertiary/aromatic N) is 4. The lowest BCUT2D eigenvalue weighted by Crippen LogP contribution is -2.46. The van der Waals surface area contributed by atoms with Crippen LogP contribution in [-0.2, 0) is 41.6 Å². The molecule has 0 saturated carbocycles. The summed E-state index contributed by atoms with van der Waals surface area (Å²) < 4.78 is 38.9. The Morgan fingerprint density at radius 1 is 1.12 bits per heavy atom.